The van der Waals surface area contributed by atoms with Gasteiger partial charge in [-0.05, 0) is 57.8 Å². The number of hydrogen-bond donors (Lipinski definition) is 8. The fourth-order valence-electron chi connectivity index (χ4n) is 8.53. The number of aliphatic hydroxyl groups excluding tert-OH is 1. The summed E-state index contributed by atoms with van der Waals surface area (Å²) >= 11 is 0. The normalized spacial score (nSPS) is 19.0. The number of rotatable bonds is 35. The number of carbonyl (C=O) groups is 12. The molecule has 10 N–H and O–H groups in total. The molecule has 0 bridgehead atoms. The average Bonchev–Trinajstić information content (AvgIpc) is 3.95. The van der Waals surface area contributed by atoms with Crippen molar-refractivity contribution in [2.45, 2.75) is 180 Å². The van der Waals surface area contributed by atoms with Gasteiger partial charge in [0.05, 0.1) is 42.7 Å². The number of likely N-dealkylation sites (tertiary alicyclic amines) is 1. The van der Waals surface area contributed by atoms with Crippen LogP contribution in [0.2, 0.25) is 0 Å². The Labute approximate surface area is 398 Å². The predicted octanol–water partition coefficient (Wildman–Crippen LogP) is 0.473. The van der Waals surface area contributed by atoms with Gasteiger partial charge in [0.25, 0.3) is 0 Å². The second kappa shape index (κ2) is 30.1. The van der Waals surface area contributed by atoms with Crippen LogP contribution in [0.15, 0.2) is 0 Å². The van der Waals surface area contributed by atoms with Gasteiger partial charge < -0.3 is 47.8 Å². The maximum atomic E-state index is 13.5. The lowest BCUT2D eigenvalue weighted by Gasteiger charge is -2.25. The molecule has 0 radical (unpaired) electrons. The average molecular weight is 962 g/mol. The first-order valence-corrected chi connectivity index (χ1v) is 24.0. The summed E-state index contributed by atoms with van der Waals surface area (Å²) in [7, 11) is 0. The minimum atomic E-state index is -1.29. The molecule has 0 unspecified atom stereocenters. The number of β-amino-alcohol motifs (C(OH)–C–C–N with tert-alkyl or cyclic N) is 1. The molecule has 6 amide bonds. The molecule has 0 saturated carbocycles. The number of carboxylic acids is 1. The number of amides is 6. The molecule has 2 saturated heterocycles. The van der Waals surface area contributed by atoms with Gasteiger partial charge in [-0.25, -0.2) is 0 Å². The van der Waals surface area contributed by atoms with E-state index in [0.29, 0.717) is 32.2 Å². The number of unbranched alkanes of at least 4 members (excludes halogenated alkanes) is 2. The topological polar surface area (TPSA) is 349 Å². The molecule has 382 valence electrons. The number of carbonyl (C=O) groups excluding carboxylic acids is 11. The third-order valence-electron chi connectivity index (χ3n) is 12.4. The van der Waals surface area contributed by atoms with Gasteiger partial charge in [0, 0.05) is 82.7 Å². The van der Waals surface area contributed by atoms with Crippen LogP contribution >= 0.6 is 0 Å². The molecular formula is C47H75N7O14. The number of nitrogens with two attached hydrogens (primary N) is 2. The molecule has 0 aromatic heterocycles. The van der Waals surface area contributed by atoms with Gasteiger partial charge >= 0.3 is 5.97 Å². The molecule has 0 aromatic carbocycles. The Hall–Kier alpha value is -5.44. The van der Waals surface area contributed by atoms with Crippen molar-refractivity contribution in [1.82, 2.24) is 26.2 Å². The molecule has 21 heteroatoms. The van der Waals surface area contributed by atoms with E-state index in [9.17, 15) is 67.7 Å². The maximum absolute atomic E-state index is 13.5. The Balaban J connectivity index is 2.00. The highest BCUT2D eigenvalue weighted by atomic mass is 16.4. The highest BCUT2D eigenvalue weighted by Gasteiger charge is 2.37. The molecule has 0 spiro atoms. The van der Waals surface area contributed by atoms with Gasteiger partial charge in [0.1, 0.15) is 5.78 Å². The SMILES string of the molecule is CCCCC[C@H](CC(=O)[C@@H]1CCCN1C(=O)CCC(=O)[C@H](C)NC(=O)[C@@H](CC(=O)CNC(=O)[C@H](CCC(N)=O)CC(=O)[C@H](CCC(N)=O)NC(=O)CCC(=O)[C@@H]1C[C@@H](O)CN1)CC(C)C)C(=O)O. The summed E-state index contributed by atoms with van der Waals surface area (Å²) < 4.78 is 0. The summed E-state index contributed by atoms with van der Waals surface area (Å²) in [4.78, 5) is 155. The molecule has 2 aliphatic rings. The van der Waals surface area contributed by atoms with Crippen molar-refractivity contribution in [3.8, 4) is 0 Å². The molecule has 0 aliphatic carbocycles. The lowest BCUT2D eigenvalue weighted by molar-refractivity contribution is -0.145. The van der Waals surface area contributed by atoms with Gasteiger partial charge in [0.15, 0.2) is 23.1 Å². The number of aliphatic carboxylic acids is 1. The third kappa shape index (κ3) is 21.7. The minimum Gasteiger partial charge on any atom is -0.481 e. The number of primary amides is 2. The summed E-state index contributed by atoms with van der Waals surface area (Å²) in [5.74, 6) is -10.4. The molecule has 68 heavy (non-hydrogen) atoms. The van der Waals surface area contributed by atoms with E-state index in [2.05, 4.69) is 21.3 Å². The van der Waals surface area contributed by atoms with Crippen LogP contribution in [0.5, 0.6) is 0 Å². The summed E-state index contributed by atoms with van der Waals surface area (Å²) in [5, 5.41) is 29.8. The Morgan fingerprint density at radius 3 is 2.00 bits per heavy atom. The van der Waals surface area contributed by atoms with Crippen LogP contribution in [0.4, 0.5) is 0 Å². The zero-order valence-corrected chi connectivity index (χ0v) is 40.1. The lowest BCUT2D eigenvalue weighted by Crippen LogP contribution is -2.45. The van der Waals surface area contributed by atoms with Gasteiger partial charge in [-0.15, -0.1) is 0 Å². The van der Waals surface area contributed by atoms with Crippen molar-refractivity contribution in [2.75, 3.05) is 19.6 Å². The van der Waals surface area contributed by atoms with E-state index < -0.39 is 120 Å². The second-order valence-electron chi connectivity index (χ2n) is 18.7. The minimum absolute atomic E-state index is 0.0685. The van der Waals surface area contributed by atoms with E-state index in [1.807, 2.05) is 20.8 Å². The Bertz CT molecular complexity index is 1820. The first-order chi connectivity index (χ1) is 32.0. The van der Waals surface area contributed by atoms with Crippen LogP contribution in [0.25, 0.3) is 0 Å². The highest BCUT2D eigenvalue weighted by Crippen LogP contribution is 2.25. The molecule has 2 heterocycles. The van der Waals surface area contributed by atoms with Crippen LogP contribution < -0.4 is 32.7 Å². The lowest BCUT2D eigenvalue weighted by atomic mass is 9.90. The smallest absolute Gasteiger partial charge is 0.306 e. The molecule has 2 aliphatic heterocycles. The number of carboxylic acid groups (broad SMARTS) is 1. The Morgan fingerprint density at radius 2 is 1.40 bits per heavy atom. The fourth-order valence-corrected chi connectivity index (χ4v) is 8.53. The third-order valence-corrected chi connectivity index (χ3v) is 12.4. The van der Waals surface area contributed by atoms with Crippen LogP contribution in [-0.2, 0) is 57.5 Å². The largest absolute Gasteiger partial charge is 0.481 e. The van der Waals surface area contributed by atoms with Gasteiger partial charge in [-0.2, -0.15) is 0 Å². The number of Topliss-reactive ketones (excluding diaryl/α,β-unsaturated/α-hetero) is 5. The van der Waals surface area contributed by atoms with Gasteiger partial charge in [-0.3, -0.25) is 57.5 Å². The monoisotopic (exact) mass is 962 g/mol. The van der Waals surface area contributed by atoms with E-state index in [4.69, 9.17) is 11.5 Å². The number of hydrogen-bond acceptors (Lipinski definition) is 14. The van der Waals surface area contributed by atoms with Crippen LogP contribution in [0.1, 0.15) is 150 Å². The molecule has 2 fully saturated rings. The van der Waals surface area contributed by atoms with E-state index in [1.54, 1.807) is 0 Å². The van der Waals surface area contributed by atoms with Crippen LogP contribution in [0, 0.1) is 23.7 Å². The number of ketones is 5. The number of nitrogens with zero attached hydrogens (tertiary/aromatic N) is 1. The molecule has 2 rings (SSSR count). The Kier molecular flexibility index (Phi) is 26.0. The van der Waals surface area contributed by atoms with E-state index in [-0.39, 0.29) is 101 Å². The zero-order chi connectivity index (χ0) is 51.1. The second-order valence-corrected chi connectivity index (χ2v) is 18.7. The highest BCUT2D eigenvalue weighted by molar-refractivity contribution is 5.97. The van der Waals surface area contributed by atoms with E-state index in [0.717, 1.165) is 12.8 Å². The molecule has 8 atom stereocenters. The summed E-state index contributed by atoms with van der Waals surface area (Å²) in [5.41, 5.74) is 10.6. The number of nitrogens with one attached hydrogen (secondary N) is 4. The van der Waals surface area contributed by atoms with Gasteiger partial charge in [-0.1, -0.05) is 40.0 Å². The quantitative estimate of drug-likeness (QED) is 0.0401. The number of aliphatic hydroxyl groups is 1. The van der Waals surface area contributed by atoms with Gasteiger partial charge in [0.2, 0.25) is 35.4 Å². The van der Waals surface area contributed by atoms with Crippen LogP contribution in [-0.4, -0.2) is 135 Å². The summed E-state index contributed by atoms with van der Waals surface area (Å²) in [6.45, 7) is 7.09. The van der Waals surface area contributed by atoms with E-state index >= 15 is 0 Å². The fraction of sp³-hybridized carbons (Fsp3) is 0.745. The zero-order valence-electron chi connectivity index (χ0n) is 40.1. The van der Waals surface area contributed by atoms with Crippen molar-refractivity contribution in [1.29, 1.82) is 0 Å². The Morgan fingerprint density at radius 1 is 0.721 bits per heavy atom. The summed E-state index contributed by atoms with van der Waals surface area (Å²) in [6.07, 6.45) is 0.512. The standard InChI is InChI=1S/C47H75N7O14/c1-5-6-7-9-30(47(67)68)23-40(60)36-10-8-19-54(36)44(64)18-14-37(57)28(4)52-46(66)31(20-27(2)3)21-32(55)26-51-45(65)29(11-15-41(48)61)22-39(59)34(12-16-42(49)62)53-43(63)17-13-38(58)35-24-33(56)25-50-35/h27-31,33-36,50,56H,5-26H2,1-4H3,(H2,48,61)(H2,49,62)(H,51,65)(H,52,66)(H,53,63)(H,67,68)/t28-,29+,30+,31+,33+,34-,35-,36-/m0/s1. The van der Waals surface area contributed by atoms with Crippen molar-refractivity contribution in [3.05, 3.63) is 0 Å². The van der Waals surface area contributed by atoms with E-state index in [1.165, 1.54) is 11.8 Å². The van der Waals surface area contributed by atoms with Crippen molar-refractivity contribution >= 4 is 70.3 Å². The molecule has 0 aromatic rings. The van der Waals surface area contributed by atoms with Crippen LogP contribution in [0.3, 0.4) is 0 Å². The maximum Gasteiger partial charge on any atom is 0.306 e. The summed E-state index contributed by atoms with van der Waals surface area (Å²) in [6, 6.07) is -3.70. The predicted molar refractivity (Wildman–Crippen MR) is 246 cm³/mol. The first kappa shape index (κ1) is 58.7. The molecule has 21 nitrogen and oxygen atoms in total. The van der Waals surface area contributed by atoms with Crippen molar-refractivity contribution in [3.63, 3.8) is 0 Å². The van der Waals surface area contributed by atoms with Crippen molar-refractivity contribution in [2.24, 2.45) is 35.1 Å². The molecular weight excluding hydrogens is 887 g/mol. The first-order valence-electron chi connectivity index (χ1n) is 24.0. The van der Waals surface area contributed by atoms with Crippen molar-refractivity contribution < 1.29 is 67.7 Å².